The van der Waals surface area contributed by atoms with E-state index < -0.39 is 0 Å². The lowest BCUT2D eigenvalue weighted by molar-refractivity contribution is -0.122. The fourth-order valence-corrected chi connectivity index (χ4v) is 3.48. The molecule has 0 aliphatic carbocycles. The Labute approximate surface area is 150 Å². The van der Waals surface area contributed by atoms with Crippen molar-refractivity contribution in [3.63, 3.8) is 0 Å². The van der Waals surface area contributed by atoms with E-state index in [0.717, 1.165) is 27.0 Å². The molecule has 0 radical (unpaired) electrons. The van der Waals surface area contributed by atoms with Crippen LogP contribution in [0.5, 0.6) is 0 Å². The van der Waals surface area contributed by atoms with E-state index in [9.17, 15) is 9.59 Å². The van der Waals surface area contributed by atoms with Crippen LogP contribution in [0.3, 0.4) is 0 Å². The van der Waals surface area contributed by atoms with E-state index in [-0.39, 0.29) is 24.2 Å². The van der Waals surface area contributed by atoms with Gasteiger partial charge in [0.2, 0.25) is 11.8 Å². The van der Waals surface area contributed by atoms with Gasteiger partial charge in [-0.15, -0.1) is 0 Å². The molecule has 1 saturated heterocycles. The summed E-state index contributed by atoms with van der Waals surface area (Å²) in [5, 5.41) is 2.92. The number of nitrogens with zero attached hydrogens (tertiary/aromatic N) is 1. The third-order valence-corrected chi connectivity index (χ3v) is 4.85. The quantitative estimate of drug-likeness (QED) is 0.864. The van der Waals surface area contributed by atoms with Gasteiger partial charge in [0.05, 0.1) is 11.6 Å². The Balaban J connectivity index is 1.72. The molecule has 1 heterocycles. The first-order valence-corrected chi connectivity index (χ1v) is 8.67. The summed E-state index contributed by atoms with van der Waals surface area (Å²) in [7, 11) is 0. The lowest BCUT2D eigenvalue weighted by atomic mass is 10.1. The summed E-state index contributed by atoms with van der Waals surface area (Å²) < 4.78 is 0.843. The van der Waals surface area contributed by atoms with Crippen molar-refractivity contribution in [3.8, 4) is 0 Å². The van der Waals surface area contributed by atoms with Gasteiger partial charge in [-0.25, -0.2) is 0 Å². The number of aryl methyl sites for hydroxylation is 2. The van der Waals surface area contributed by atoms with Gasteiger partial charge in [-0.05, 0) is 65.2 Å². The van der Waals surface area contributed by atoms with E-state index in [2.05, 4.69) is 21.2 Å². The highest BCUT2D eigenvalue weighted by molar-refractivity contribution is 9.10. The van der Waals surface area contributed by atoms with Crippen molar-refractivity contribution in [1.29, 1.82) is 0 Å². The molecule has 4 nitrogen and oxygen atoms in total. The summed E-state index contributed by atoms with van der Waals surface area (Å²) in [6.45, 7) is 4.40. The van der Waals surface area contributed by atoms with Gasteiger partial charge in [0.25, 0.3) is 0 Å². The molecule has 1 N–H and O–H groups in total. The highest BCUT2D eigenvalue weighted by Gasteiger charge is 2.35. The van der Waals surface area contributed by atoms with Crippen molar-refractivity contribution in [2.75, 3.05) is 16.8 Å². The van der Waals surface area contributed by atoms with Crippen molar-refractivity contribution in [1.82, 2.24) is 0 Å². The number of hydrogen-bond donors (Lipinski definition) is 1. The van der Waals surface area contributed by atoms with Crippen LogP contribution in [0.25, 0.3) is 0 Å². The van der Waals surface area contributed by atoms with Crippen LogP contribution in [-0.2, 0) is 9.59 Å². The number of carbonyl (C=O) groups is 2. The van der Waals surface area contributed by atoms with Crippen LogP contribution in [0.15, 0.2) is 46.9 Å². The Bertz CT molecular complexity index is 804. The Morgan fingerprint density at radius 3 is 2.62 bits per heavy atom. The van der Waals surface area contributed by atoms with E-state index in [1.165, 1.54) is 0 Å². The normalized spacial score (nSPS) is 17.2. The molecule has 1 atom stereocenters. The predicted octanol–water partition coefficient (Wildman–Crippen LogP) is 4.06. The number of rotatable bonds is 3. The molecule has 1 unspecified atom stereocenters. The molecule has 124 valence electrons. The Morgan fingerprint density at radius 1 is 1.17 bits per heavy atom. The van der Waals surface area contributed by atoms with E-state index in [1.54, 1.807) is 4.90 Å². The highest BCUT2D eigenvalue weighted by atomic mass is 79.9. The maximum Gasteiger partial charge on any atom is 0.229 e. The standard InChI is InChI=1S/C19H19BrN2O2/c1-12-4-3-5-15(8-12)22-11-14(10-18(22)23)19(24)21-17-7-6-13(2)9-16(17)20/h3-9,14H,10-11H2,1-2H3,(H,21,24). The first-order chi connectivity index (χ1) is 11.4. The molecular weight excluding hydrogens is 368 g/mol. The number of halogens is 1. The second kappa shape index (κ2) is 6.77. The summed E-state index contributed by atoms with van der Waals surface area (Å²) in [6, 6.07) is 13.6. The summed E-state index contributed by atoms with van der Waals surface area (Å²) in [6.07, 6.45) is 0.239. The zero-order chi connectivity index (χ0) is 17.3. The van der Waals surface area contributed by atoms with Gasteiger partial charge < -0.3 is 10.2 Å². The van der Waals surface area contributed by atoms with Crippen LogP contribution in [-0.4, -0.2) is 18.4 Å². The number of anilines is 2. The minimum absolute atomic E-state index is 0.0104. The summed E-state index contributed by atoms with van der Waals surface area (Å²) in [5.74, 6) is -0.474. The fraction of sp³-hybridized carbons (Fsp3) is 0.263. The number of nitrogens with one attached hydrogen (secondary N) is 1. The molecule has 1 aliphatic heterocycles. The average Bonchev–Trinajstić information content (AvgIpc) is 2.92. The minimum atomic E-state index is -0.341. The predicted molar refractivity (Wildman–Crippen MR) is 99.1 cm³/mol. The molecule has 3 rings (SSSR count). The van der Waals surface area contributed by atoms with Gasteiger partial charge in [0, 0.05) is 23.1 Å². The molecule has 0 saturated carbocycles. The van der Waals surface area contributed by atoms with Crippen LogP contribution >= 0.6 is 15.9 Å². The molecular formula is C19H19BrN2O2. The van der Waals surface area contributed by atoms with Crippen molar-refractivity contribution in [3.05, 3.63) is 58.1 Å². The highest BCUT2D eigenvalue weighted by Crippen LogP contribution is 2.28. The second-order valence-corrected chi connectivity index (χ2v) is 7.07. The number of benzene rings is 2. The smallest absolute Gasteiger partial charge is 0.229 e. The molecule has 24 heavy (non-hydrogen) atoms. The zero-order valence-corrected chi connectivity index (χ0v) is 15.3. The molecule has 1 aliphatic rings. The number of amides is 2. The van der Waals surface area contributed by atoms with E-state index >= 15 is 0 Å². The number of hydrogen-bond acceptors (Lipinski definition) is 2. The Morgan fingerprint density at radius 2 is 1.92 bits per heavy atom. The molecule has 2 aromatic carbocycles. The lowest BCUT2D eigenvalue weighted by Gasteiger charge is -2.17. The largest absolute Gasteiger partial charge is 0.325 e. The van der Waals surface area contributed by atoms with Crippen LogP contribution in [0.1, 0.15) is 17.5 Å². The second-order valence-electron chi connectivity index (χ2n) is 6.22. The molecule has 0 aromatic heterocycles. The van der Waals surface area contributed by atoms with E-state index in [0.29, 0.717) is 6.54 Å². The van der Waals surface area contributed by atoms with Gasteiger partial charge in [-0.3, -0.25) is 9.59 Å². The number of carbonyl (C=O) groups excluding carboxylic acids is 2. The molecule has 0 spiro atoms. The van der Waals surface area contributed by atoms with Crippen LogP contribution < -0.4 is 10.2 Å². The third kappa shape index (κ3) is 3.51. The molecule has 2 amide bonds. The van der Waals surface area contributed by atoms with Crippen molar-refractivity contribution in [2.45, 2.75) is 20.3 Å². The summed E-state index contributed by atoms with van der Waals surface area (Å²) >= 11 is 3.46. The maximum atomic E-state index is 12.5. The van der Waals surface area contributed by atoms with Gasteiger partial charge in [0.15, 0.2) is 0 Å². The Hall–Kier alpha value is -2.14. The maximum absolute atomic E-state index is 12.5. The minimum Gasteiger partial charge on any atom is -0.325 e. The SMILES string of the molecule is Cc1cccc(N2CC(C(=O)Nc3ccc(C)cc3Br)CC2=O)c1. The summed E-state index contributed by atoms with van der Waals surface area (Å²) in [5.41, 5.74) is 3.79. The third-order valence-electron chi connectivity index (χ3n) is 4.19. The monoisotopic (exact) mass is 386 g/mol. The summed E-state index contributed by atoms with van der Waals surface area (Å²) in [4.78, 5) is 26.5. The van der Waals surface area contributed by atoms with Crippen LogP contribution in [0, 0.1) is 19.8 Å². The first kappa shape index (κ1) is 16.7. The van der Waals surface area contributed by atoms with Crippen molar-refractivity contribution < 1.29 is 9.59 Å². The average molecular weight is 387 g/mol. The van der Waals surface area contributed by atoms with Crippen LogP contribution in [0.4, 0.5) is 11.4 Å². The molecule has 1 fully saturated rings. The van der Waals surface area contributed by atoms with Crippen molar-refractivity contribution in [2.24, 2.45) is 5.92 Å². The Kier molecular flexibility index (Phi) is 4.71. The molecule has 5 heteroatoms. The zero-order valence-electron chi connectivity index (χ0n) is 13.7. The van der Waals surface area contributed by atoms with Crippen molar-refractivity contribution >= 4 is 39.1 Å². The van der Waals surface area contributed by atoms with Crippen LogP contribution in [0.2, 0.25) is 0 Å². The first-order valence-electron chi connectivity index (χ1n) is 7.88. The fourth-order valence-electron chi connectivity index (χ4n) is 2.88. The van der Waals surface area contributed by atoms with E-state index in [4.69, 9.17) is 0 Å². The van der Waals surface area contributed by atoms with Gasteiger partial charge in [-0.2, -0.15) is 0 Å². The van der Waals surface area contributed by atoms with Gasteiger partial charge in [0.1, 0.15) is 0 Å². The molecule has 0 bridgehead atoms. The lowest BCUT2D eigenvalue weighted by Crippen LogP contribution is -2.28. The topological polar surface area (TPSA) is 49.4 Å². The van der Waals surface area contributed by atoms with E-state index in [1.807, 2.05) is 56.3 Å². The van der Waals surface area contributed by atoms with Gasteiger partial charge >= 0.3 is 0 Å². The van der Waals surface area contributed by atoms with Gasteiger partial charge in [-0.1, -0.05) is 18.2 Å². The molecule has 2 aromatic rings.